The van der Waals surface area contributed by atoms with Gasteiger partial charge in [-0.15, -0.1) is 11.8 Å². The summed E-state index contributed by atoms with van der Waals surface area (Å²) in [5.41, 5.74) is 3.32. The molecular weight excluding hydrogens is 260 g/mol. The van der Waals surface area contributed by atoms with Crippen LogP contribution in [0.1, 0.15) is 25.2 Å². The Labute approximate surface area is 116 Å². The lowest BCUT2D eigenvalue weighted by atomic mass is 10.1. The van der Waals surface area contributed by atoms with E-state index in [2.05, 4.69) is 29.0 Å². The van der Waals surface area contributed by atoms with E-state index in [1.165, 1.54) is 17.3 Å². The number of nitrogens with one attached hydrogen (secondary N) is 1. The van der Waals surface area contributed by atoms with Crippen LogP contribution in [0.25, 0.3) is 11.0 Å². The van der Waals surface area contributed by atoms with Crippen LogP contribution in [0, 0.1) is 0 Å². The zero-order valence-corrected chi connectivity index (χ0v) is 12.0. The van der Waals surface area contributed by atoms with E-state index < -0.39 is 5.97 Å². The molecule has 0 saturated carbocycles. The summed E-state index contributed by atoms with van der Waals surface area (Å²) in [7, 11) is 0. The first-order valence-electron chi connectivity index (χ1n) is 6.42. The summed E-state index contributed by atoms with van der Waals surface area (Å²) < 4.78 is 0. The topological polar surface area (TPSA) is 66.0 Å². The summed E-state index contributed by atoms with van der Waals surface area (Å²) >= 11 is 1.44. The number of aliphatic carboxylic acids is 1. The average Bonchev–Trinajstić information content (AvgIpc) is 2.79. The lowest BCUT2D eigenvalue weighted by molar-refractivity contribution is -0.136. The minimum absolute atomic E-state index is 0.365. The highest BCUT2D eigenvalue weighted by atomic mass is 32.2. The van der Waals surface area contributed by atoms with Crippen molar-refractivity contribution in [2.45, 2.75) is 31.9 Å². The molecule has 1 atom stereocenters. The molecule has 1 unspecified atom stereocenters. The zero-order valence-electron chi connectivity index (χ0n) is 11.1. The number of thioether (sulfide) groups is 1. The van der Waals surface area contributed by atoms with Gasteiger partial charge in [-0.1, -0.05) is 13.0 Å². The smallest absolute Gasteiger partial charge is 0.316 e. The van der Waals surface area contributed by atoms with Crippen molar-refractivity contribution < 1.29 is 9.90 Å². The summed E-state index contributed by atoms with van der Waals surface area (Å²) in [4.78, 5) is 18.5. The van der Waals surface area contributed by atoms with Gasteiger partial charge in [0.05, 0.1) is 16.3 Å². The Kier molecular flexibility index (Phi) is 4.47. The third-order valence-electron chi connectivity index (χ3n) is 3.06. The van der Waals surface area contributed by atoms with E-state index in [1.54, 1.807) is 6.92 Å². The van der Waals surface area contributed by atoms with E-state index >= 15 is 0 Å². The fraction of sp³-hybridized carbons (Fsp3) is 0.429. The standard InChI is InChI=1S/C14H18N2O2S/c1-3-10-4-5-11-12(8-10)16-13(15-11)6-7-19-9(2)14(17)18/h4-5,8-9H,3,6-7H2,1-2H3,(H,15,16)(H,17,18). The Morgan fingerprint density at radius 2 is 2.32 bits per heavy atom. The van der Waals surface area contributed by atoms with Crippen molar-refractivity contribution >= 4 is 28.8 Å². The Morgan fingerprint density at radius 1 is 1.53 bits per heavy atom. The Morgan fingerprint density at radius 3 is 3.00 bits per heavy atom. The van der Waals surface area contributed by atoms with Gasteiger partial charge in [-0.25, -0.2) is 4.98 Å². The lowest BCUT2D eigenvalue weighted by Gasteiger charge is -2.03. The number of hydrogen-bond acceptors (Lipinski definition) is 3. The van der Waals surface area contributed by atoms with E-state index in [0.717, 1.165) is 35.5 Å². The Bertz CT molecular complexity index is 580. The predicted octanol–water partition coefficient (Wildman–Crippen LogP) is 2.87. The van der Waals surface area contributed by atoms with Gasteiger partial charge in [-0.3, -0.25) is 4.79 Å². The molecule has 1 aromatic heterocycles. The summed E-state index contributed by atoms with van der Waals surface area (Å²) in [6.45, 7) is 3.83. The van der Waals surface area contributed by atoms with E-state index in [9.17, 15) is 4.79 Å². The highest BCUT2D eigenvalue weighted by Crippen LogP contribution is 2.17. The van der Waals surface area contributed by atoms with Crippen molar-refractivity contribution in [3.8, 4) is 0 Å². The van der Waals surface area contributed by atoms with Crippen LogP contribution in [0.15, 0.2) is 18.2 Å². The van der Waals surface area contributed by atoms with Gasteiger partial charge >= 0.3 is 5.97 Å². The van der Waals surface area contributed by atoms with Crippen molar-refractivity contribution in [1.82, 2.24) is 9.97 Å². The van der Waals surface area contributed by atoms with Crippen LogP contribution in [0.5, 0.6) is 0 Å². The van der Waals surface area contributed by atoms with Gasteiger partial charge in [0.25, 0.3) is 0 Å². The molecule has 0 amide bonds. The fourth-order valence-corrected chi connectivity index (χ4v) is 2.66. The summed E-state index contributed by atoms with van der Waals surface area (Å²) in [6, 6.07) is 6.24. The number of carbonyl (C=O) groups is 1. The van der Waals surface area contributed by atoms with Gasteiger partial charge < -0.3 is 10.1 Å². The maximum atomic E-state index is 10.7. The van der Waals surface area contributed by atoms with Gasteiger partial charge in [-0.05, 0) is 31.0 Å². The molecule has 0 spiro atoms. The van der Waals surface area contributed by atoms with Crippen molar-refractivity contribution in [3.05, 3.63) is 29.6 Å². The number of H-pyrrole nitrogens is 1. The number of nitrogens with zero attached hydrogens (tertiary/aromatic N) is 1. The number of carboxylic acid groups (broad SMARTS) is 1. The first kappa shape index (κ1) is 13.9. The number of aromatic amines is 1. The van der Waals surface area contributed by atoms with Crippen molar-refractivity contribution in [2.24, 2.45) is 0 Å². The maximum Gasteiger partial charge on any atom is 0.316 e. The third kappa shape index (κ3) is 3.50. The number of rotatable bonds is 6. The molecule has 1 aromatic carbocycles. The molecular formula is C14H18N2O2S. The zero-order chi connectivity index (χ0) is 13.8. The number of imidazole rings is 1. The van der Waals surface area contributed by atoms with Gasteiger partial charge in [0.15, 0.2) is 0 Å². The Balaban J connectivity index is 1.99. The molecule has 0 fully saturated rings. The number of fused-ring (bicyclic) bond motifs is 1. The molecule has 102 valence electrons. The fourth-order valence-electron chi connectivity index (χ4n) is 1.85. The molecule has 19 heavy (non-hydrogen) atoms. The molecule has 2 aromatic rings. The molecule has 0 bridgehead atoms. The van der Waals surface area contributed by atoms with Crippen LogP contribution < -0.4 is 0 Å². The molecule has 0 radical (unpaired) electrons. The minimum Gasteiger partial charge on any atom is -0.480 e. The van der Waals surface area contributed by atoms with Crippen molar-refractivity contribution in [3.63, 3.8) is 0 Å². The molecule has 1 heterocycles. The van der Waals surface area contributed by atoms with E-state index in [1.807, 2.05) is 6.07 Å². The van der Waals surface area contributed by atoms with Crippen LogP contribution in [0.2, 0.25) is 0 Å². The molecule has 0 saturated heterocycles. The predicted molar refractivity (Wildman–Crippen MR) is 78.7 cm³/mol. The normalized spacial score (nSPS) is 12.7. The van der Waals surface area contributed by atoms with Crippen molar-refractivity contribution in [2.75, 3.05) is 5.75 Å². The first-order chi connectivity index (χ1) is 9.10. The minimum atomic E-state index is -0.762. The van der Waals surface area contributed by atoms with E-state index in [4.69, 9.17) is 5.11 Å². The maximum absolute atomic E-state index is 10.7. The molecule has 4 nitrogen and oxygen atoms in total. The first-order valence-corrected chi connectivity index (χ1v) is 7.47. The average molecular weight is 278 g/mol. The number of benzene rings is 1. The van der Waals surface area contributed by atoms with Crippen LogP contribution in [-0.2, 0) is 17.6 Å². The highest BCUT2D eigenvalue weighted by molar-refractivity contribution is 8.00. The van der Waals surface area contributed by atoms with Gasteiger partial charge in [0.1, 0.15) is 5.82 Å². The molecule has 2 rings (SSSR count). The summed E-state index contributed by atoms with van der Waals surface area (Å²) in [5, 5.41) is 8.44. The molecule has 5 heteroatoms. The van der Waals surface area contributed by atoms with Crippen LogP contribution in [0.4, 0.5) is 0 Å². The molecule has 0 aliphatic heterocycles. The second-order valence-corrected chi connectivity index (χ2v) is 5.94. The monoisotopic (exact) mass is 278 g/mol. The van der Waals surface area contributed by atoms with Gasteiger partial charge in [0, 0.05) is 12.2 Å². The quantitative estimate of drug-likeness (QED) is 0.852. The second-order valence-electron chi connectivity index (χ2n) is 4.49. The second kappa shape index (κ2) is 6.10. The van der Waals surface area contributed by atoms with E-state index in [0.29, 0.717) is 0 Å². The SMILES string of the molecule is CCc1ccc2nc(CCSC(C)C(=O)O)[nH]c2c1. The van der Waals surface area contributed by atoms with Crippen LogP contribution in [0.3, 0.4) is 0 Å². The number of hydrogen-bond donors (Lipinski definition) is 2. The molecule has 2 N–H and O–H groups in total. The van der Waals surface area contributed by atoms with Gasteiger partial charge in [0.2, 0.25) is 0 Å². The largest absolute Gasteiger partial charge is 0.480 e. The number of aromatic nitrogens is 2. The van der Waals surface area contributed by atoms with E-state index in [-0.39, 0.29) is 5.25 Å². The Hall–Kier alpha value is -1.49. The lowest BCUT2D eigenvalue weighted by Crippen LogP contribution is -2.12. The molecule has 0 aliphatic carbocycles. The van der Waals surface area contributed by atoms with Crippen LogP contribution >= 0.6 is 11.8 Å². The molecule has 0 aliphatic rings. The highest BCUT2D eigenvalue weighted by Gasteiger charge is 2.11. The van der Waals surface area contributed by atoms with Gasteiger partial charge in [-0.2, -0.15) is 0 Å². The van der Waals surface area contributed by atoms with Crippen LogP contribution in [-0.4, -0.2) is 32.0 Å². The number of aryl methyl sites for hydroxylation is 2. The summed E-state index contributed by atoms with van der Waals surface area (Å²) in [6.07, 6.45) is 1.77. The number of carboxylic acids is 1. The summed E-state index contributed by atoms with van der Waals surface area (Å²) in [5.74, 6) is 0.920. The third-order valence-corrected chi connectivity index (χ3v) is 4.20. The van der Waals surface area contributed by atoms with Crippen molar-refractivity contribution in [1.29, 1.82) is 0 Å².